The Kier molecular flexibility index (Phi) is 3.62. The lowest BCUT2D eigenvalue weighted by Gasteiger charge is -2.26. The van der Waals surface area contributed by atoms with Gasteiger partial charge < -0.3 is 5.73 Å². The maximum absolute atomic E-state index is 13.7. The summed E-state index contributed by atoms with van der Waals surface area (Å²) < 4.78 is 39.7. The average Bonchev–Trinajstić information content (AvgIpc) is 2.35. The van der Waals surface area contributed by atoms with Gasteiger partial charge in [0, 0.05) is 11.1 Å². The molecule has 4 heteroatoms. The van der Waals surface area contributed by atoms with Crippen LogP contribution >= 0.6 is 0 Å². The van der Waals surface area contributed by atoms with Gasteiger partial charge in [0.25, 0.3) is 0 Å². The van der Waals surface area contributed by atoms with Crippen LogP contribution in [-0.4, -0.2) is 0 Å². The topological polar surface area (TPSA) is 26.0 Å². The second-order valence-electron chi connectivity index (χ2n) is 4.84. The van der Waals surface area contributed by atoms with E-state index in [1.807, 2.05) is 0 Å². The van der Waals surface area contributed by atoms with Crippen LogP contribution in [0, 0.1) is 17.5 Å². The van der Waals surface area contributed by atoms with Crippen molar-refractivity contribution in [1.82, 2.24) is 0 Å². The fraction of sp³-hybridized carbons (Fsp3) is 0.200. The molecule has 0 aliphatic carbocycles. The summed E-state index contributed by atoms with van der Waals surface area (Å²) in [6.07, 6.45) is 0.285. The van der Waals surface area contributed by atoms with E-state index in [0.29, 0.717) is 0 Å². The minimum atomic E-state index is -1.07. The standard InChI is InChI=1S/C15H14F3N/c1-15(19,9-10-2-4-11(16)5-3-10)13-8-12(17)6-7-14(13)18/h2-8H,9,19H2,1H3. The Labute approximate surface area is 109 Å². The third-order valence-electron chi connectivity index (χ3n) is 3.03. The van der Waals surface area contributed by atoms with Gasteiger partial charge in [-0.1, -0.05) is 12.1 Å². The van der Waals surface area contributed by atoms with Crippen LogP contribution in [0.1, 0.15) is 18.1 Å². The summed E-state index contributed by atoms with van der Waals surface area (Å²) in [7, 11) is 0. The summed E-state index contributed by atoms with van der Waals surface area (Å²) in [5, 5.41) is 0. The molecule has 1 nitrogen and oxygen atoms in total. The Hall–Kier alpha value is -1.81. The van der Waals surface area contributed by atoms with Crippen molar-refractivity contribution >= 4 is 0 Å². The number of nitrogens with two attached hydrogens (primary N) is 1. The molecule has 2 N–H and O–H groups in total. The quantitative estimate of drug-likeness (QED) is 0.902. The molecule has 2 rings (SSSR count). The van der Waals surface area contributed by atoms with E-state index in [1.54, 1.807) is 19.1 Å². The van der Waals surface area contributed by atoms with Gasteiger partial charge >= 0.3 is 0 Å². The molecule has 0 saturated carbocycles. The Morgan fingerprint density at radius 2 is 1.53 bits per heavy atom. The van der Waals surface area contributed by atoms with Gasteiger partial charge in [0.2, 0.25) is 0 Å². The van der Waals surface area contributed by atoms with Crippen LogP contribution in [0.15, 0.2) is 42.5 Å². The molecule has 0 spiro atoms. The summed E-state index contributed by atoms with van der Waals surface area (Å²) in [6.45, 7) is 1.62. The van der Waals surface area contributed by atoms with Crippen LogP contribution in [0.25, 0.3) is 0 Å². The van der Waals surface area contributed by atoms with Gasteiger partial charge in [-0.2, -0.15) is 0 Å². The summed E-state index contributed by atoms with van der Waals surface area (Å²) in [4.78, 5) is 0. The minimum Gasteiger partial charge on any atom is -0.321 e. The number of hydrogen-bond acceptors (Lipinski definition) is 1. The molecule has 0 fully saturated rings. The molecule has 0 aliphatic rings. The van der Waals surface area contributed by atoms with Gasteiger partial charge in [0.1, 0.15) is 17.5 Å². The highest BCUT2D eigenvalue weighted by Gasteiger charge is 2.25. The van der Waals surface area contributed by atoms with E-state index >= 15 is 0 Å². The first kappa shape index (κ1) is 13.6. The molecular formula is C15H14F3N. The summed E-state index contributed by atoms with van der Waals surface area (Å²) in [6, 6.07) is 8.99. The molecule has 0 saturated heterocycles. The maximum Gasteiger partial charge on any atom is 0.128 e. The van der Waals surface area contributed by atoms with Gasteiger partial charge in [0.15, 0.2) is 0 Å². The molecule has 0 aliphatic heterocycles. The molecule has 1 atom stereocenters. The molecule has 0 radical (unpaired) electrons. The summed E-state index contributed by atoms with van der Waals surface area (Å²) in [5.74, 6) is -1.43. The van der Waals surface area contributed by atoms with Gasteiger partial charge in [-0.25, -0.2) is 13.2 Å². The molecule has 0 aromatic heterocycles. The van der Waals surface area contributed by atoms with Crippen molar-refractivity contribution < 1.29 is 13.2 Å². The normalized spacial score (nSPS) is 14.2. The van der Waals surface area contributed by atoms with Gasteiger partial charge in [0.05, 0.1) is 0 Å². The van der Waals surface area contributed by atoms with E-state index < -0.39 is 17.2 Å². The van der Waals surface area contributed by atoms with E-state index in [2.05, 4.69) is 0 Å². The minimum absolute atomic E-state index is 0.108. The number of hydrogen-bond donors (Lipinski definition) is 1. The third-order valence-corrected chi connectivity index (χ3v) is 3.03. The Morgan fingerprint density at radius 1 is 0.947 bits per heavy atom. The first-order chi connectivity index (χ1) is 8.88. The maximum atomic E-state index is 13.7. The van der Waals surface area contributed by atoms with Gasteiger partial charge in [-0.3, -0.25) is 0 Å². The van der Waals surface area contributed by atoms with Crippen molar-refractivity contribution in [3.63, 3.8) is 0 Å². The van der Waals surface area contributed by atoms with Crippen molar-refractivity contribution in [1.29, 1.82) is 0 Å². The second kappa shape index (κ2) is 5.05. The zero-order chi connectivity index (χ0) is 14.0. The fourth-order valence-corrected chi connectivity index (χ4v) is 2.06. The van der Waals surface area contributed by atoms with Crippen LogP contribution in [-0.2, 0) is 12.0 Å². The lowest BCUT2D eigenvalue weighted by molar-refractivity contribution is 0.451. The van der Waals surface area contributed by atoms with Crippen molar-refractivity contribution in [2.75, 3.05) is 0 Å². The molecule has 1 unspecified atom stereocenters. The van der Waals surface area contributed by atoms with Crippen LogP contribution in [0.4, 0.5) is 13.2 Å². The molecule has 19 heavy (non-hydrogen) atoms. The van der Waals surface area contributed by atoms with Crippen molar-refractivity contribution in [3.8, 4) is 0 Å². The van der Waals surface area contributed by atoms with Crippen LogP contribution < -0.4 is 5.73 Å². The van der Waals surface area contributed by atoms with Crippen LogP contribution in [0.2, 0.25) is 0 Å². The van der Waals surface area contributed by atoms with Crippen molar-refractivity contribution in [3.05, 3.63) is 71.0 Å². The lowest BCUT2D eigenvalue weighted by Crippen LogP contribution is -2.36. The van der Waals surface area contributed by atoms with Crippen molar-refractivity contribution in [2.24, 2.45) is 5.73 Å². The predicted molar refractivity (Wildman–Crippen MR) is 68.0 cm³/mol. The molecule has 2 aromatic carbocycles. The largest absolute Gasteiger partial charge is 0.321 e. The predicted octanol–water partition coefficient (Wildman–Crippen LogP) is 3.52. The second-order valence-corrected chi connectivity index (χ2v) is 4.84. The first-order valence-electron chi connectivity index (χ1n) is 5.87. The van der Waals surface area contributed by atoms with E-state index in [1.165, 1.54) is 12.1 Å². The fourth-order valence-electron chi connectivity index (χ4n) is 2.06. The highest BCUT2D eigenvalue weighted by molar-refractivity contribution is 5.29. The van der Waals surface area contributed by atoms with E-state index in [0.717, 1.165) is 23.8 Å². The molecule has 0 bridgehead atoms. The highest BCUT2D eigenvalue weighted by atomic mass is 19.1. The highest BCUT2D eigenvalue weighted by Crippen LogP contribution is 2.26. The molecule has 0 heterocycles. The lowest BCUT2D eigenvalue weighted by atomic mass is 9.86. The first-order valence-corrected chi connectivity index (χ1v) is 5.87. The average molecular weight is 265 g/mol. The third kappa shape index (κ3) is 3.15. The molecule has 0 amide bonds. The monoisotopic (exact) mass is 265 g/mol. The number of halogens is 3. The molecule has 100 valence electrons. The van der Waals surface area contributed by atoms with Crippen LogP contribution in [0.5, 0.6) is 0 Å². The van der Waals surface area contributed by atoms with Crippen LogP contribution in [0.3, 0.4) is 0 Å². The Balaban J connectivity index is 2.31. The van der Waals surface area contributed by atoms with Crippen molar-refractivity contribution in [2.45, 2.75) is 18.9 Å². The van der Waals surface area contributed by atoms with E-state index in [4.69, 9.17) is 5.73 Å². The van der Waals surface area contributed by atoms with Gasteiger partial charge in [-0.15, -0.1) is 0 Å². The number of benzene rings is 2. The summed E-state index contributed by atoms with van der Waals surface area (Å²) in [5.41, 5.74) is 5.88. The zero-order valence-corrected chi connectivity index (χ0v) is 10.5. The SMILES string of the molecule is CC(N)(Cc1ccc(F)cc1)c1cc(F)ccc1F. The summed E-state index contributed by atoms with van der Waals surface area (Å²) >= 11 is 0. The van der Waals surface area contributed by atoms with E-state index in [9.17, 15) is 13.2 Å². The van der Waals surface area contributed by atoms with E-state index in [-0.39, 0.29) is 17.8 Å². The zero-order valence-electron chi connectivity index (χ0n) is 10.5. The molecule has 2 aromatic rings. The number of rotatable bonds is 3. The smallest absolute Gasteiger partial charge is 0.128 e. The van der Waals surface area contributed by atoms with Gasteiger partial charge in [-0.05, 0) is 49.2 Å². The Morgan fingerprint density at radius 3 is 2.16 bits per heavy atom. The molecular weight excluding hydrogens is 251 g/mol. The Bertz CT molecular complexity index is 576.